The topological polar surface area (TPSA) is 38.8 Å². The Labute approximate surface area is 147 Å². The van der Waals surface area contributed by atoms with Crippen molar-refractivity contribution in [3.8, 4) is 23.3 Å². The predicted octanol–water partition coefficient (Wildman–Crippen LogP) is 2.89. The second-order valence-electron chi connectivity index (χ2n) is 5.54. The van der Waals surface area contributed by atoms with E-state index in [2.05, 4.69) is 18.4 Å². The van der Waals surface area contributed by atoms with Crippen molar-refractivity contribution >= 4 is 5.91 Å². The minimum atomic E-state index is -0.673. The predicted molar refractivity (Wildman–Crippen MR) is 96.5 cm³/mol. The molecule has 2 aromatic carbocycles. The van der Waals surface area contributed by atoms with Crippen molar-refractivity contribution in [1.29, 1.82) is 0 Å². The van der Waals surface area contributed by atoms with Gasteiger partial charge in [-0.05, 0) is 24.3 Å². The van der Waals surface area contributed by atoms with E-state index in [-0.39, 0.29) is 12.5 Å². The number of rotatable bonds is 4. The lowest BCUT2D eigenvalue weighted by atomic mass is 10.2. The Morgan fingerprint density at radius 1 is 1.16 bits per heavy atom. The van der Waals surface area contributed by atoms with Gasteiger partial charge < -0.3 is 14.4 Å². The lowest BCUT2D eigenvalue weighted by molar-refractivity contribution is -0.140. The summed E-state index contributed by atoms with van der Waals surface area (Å²) >= 11 is 0. The number of carbonyl (C=O) groups excluding carboxylic acids is 1. The molecule has 1 aliphatic rings. The zero-order chi connectivity index (χ0) is 17.5. The van der Waals surface area contributed by atoms with Gasteiger partial charge in [-0.2, -0.15) is 0 Å². The summed E-state index contributed by atoms with van der Waals surface area (Å²) in [6, 6.07) is 17.0. The third-order valence-electron chi connectivity index (χ3n) is 3.72. The molecule has 0 fully saturated rings. The van der Waals surface area contributed by atoms with Gasteiger partial charge in [-0.25, -0.2) is 0 Å². The third-order valence-corrected chi connectivity index (χ3v) is 3.72. The number of para-hydroxylation sites is 2. The van der Waals surface area contributed by atoms with E-state index in [0.717, 1.165) is 5.56 Å². The molecule has 0 N–H and O–H groups in total. The van der Waals surface area contributed by atoms with E-state index in [9.17, 15) is 4.79 Å². The summed E-state index contributed by atoms with van der Waals surface area (Å²) in [7, 11) is 0. The Kier molecular flexibility index (Phi) is 5.38. The van der Waals surface area contributed by atoms with Crippen molar-refractivity contribution in [2.75, 3.05) is 19.7 Å². The van der Waals surface area contributed by atoms with Gasteiger partial charge in [0.2, 0.25) is 6.10 Å². The number of amides is 1. The fourth-order valence-corrected chi connectivity index (χ4v) is 2.49. The highest BCUT2D eigenvalue weighted by Gasteiger charge is 2.30. The van der Waals surface area contributed by atoms with Crippen molar-refractivity contribution in [3.63, 3.8) is 0 Å². The lowest BCUT2D eigenvalue weighted by Gasteiger charge is -2.29. The molecule has 2 aromatic rings. The first-order valence-electron chi connectivity index (χ1n) is 8.10. The smallest absolute Gasteiger partial charge is 0.268 e. The van der Waals surface area contributed by atoms with Gasteiger partial charge in [0.1, 0.15) is 6.61 Å². The van der Waals surface area contributed by atoms with Gasteiger partial charge in [0.05, 0.1) is 6.54 Å². The van der Waals surface area contributed by atoms with E-state index in [1.54, 1.807) is 17.0 Å². The minimum Gasteiger partial charge on any atom is -0.485 e. The quantitative estimate of drug-likeness (QED) is 0.638. The molecule has 0 aromatic heterocycles. The second kappa shape index (κ2) is 8.07. The summed E-state index contributed by atoms with van der Waals surface area (Å²) in [5, 5.41) is 0. The van der Waals surface area contributed by atoms with E-state index < -0.39 is 6.10 Å². The molecule has 0 aliphatic carbocycles. The Bertz CT molecular complexity index is 805. The van der Waals surface area contributed by atoms with Crippen molar-refractivity contribution in [3.05, 3.63) is 72.8 Å². The normalized spacial score (nSPS) is 14.8. The van der Waals surface area contributed by atoms with Crippen LogP contribution in [0.3, 0.4) is 0 Å². The Morgan fingerprint density at radius 3 is 2.64 bits per heavy atom. The van der Waals surface area contributed by atoms with Crippen LogP contribution in [0.5, 0.6) is 11.5 Å². The molecule has 4 nitrogen and oxygen atoms in total. The fraction of sp³-hybridized carbons (Fsp3) is 0.190. The van der Waals surface area contributed by atoms with Crippen LogP contribution in [0.4, 0.5) is 0 Å². The Morgan fingerprint density at radius 2 is 1.88 bits per heavy atom. The maximum absolute atomic E-state index is 12.7. The summed E-state index contributed by atoms with van der Waals surface area (Å²) in [6.45, 7) is 4.62. The highest BCUT2D eigenvalue weighted by molar-refractivity contribution is 5.82. The summed E-state index contributed by atoms with van der Waals surface area (Å²) in [5.74, 6) is 7.18. The standard InChI is InChI=1S/C21H19NO3/c1-2-14-22(15-8-11-17-9-4-3-5-10-17)21(23)20-16-24-18-12-6-7-13-19(18)25-20/h2-7,9-10,12-13,20H,1,14-16H2. The number of benzene rings is 2. The van der Waals surface area contributed by atoms with Crippen LogP contribution in [0, 0.1) is 11.8 Å². The van der Waals surface area contributed by atoms with Crippen LogP contribution in [0.1, 0.15) is 5.56 Å². The van der Waals surface area contributed by atoms with Crippen LogP contribution >= 0.6 is 0 Å². The van der Waals surface area contributed by atoms with E-state index in [0.29, 0.717) is 24.6 Å². The monoisotopic (exact) mass is 333 g/mol. The largest absolute Gasteiger partial charge is 0.485 e. The molecule has 1 aliphatic heterocycles. The van der Waals surface area contributed by atoms with Crippen molar-refractivity contribution in [1.82, 2.24) is 4.90 Å². The van der Waals surface area contributed by atoms with Gasteiger partial charge in [0.25, 0.3) is 5.91 Å². The highest BCUT2D eigenvalue weighted by Crippen LogP contribution is 2.31. The SMILES string of the molecule is C=CCN(CC#Cc1ccccc1)C(=O)C1COc2ccccc2O1. The highest BCUT2D eigenvalue weighted by atomic mass is 16.6. The number of hydrogen-bond acceptors (Lipinski definition) is 3. The average Bonchev–Trinajstić information content (AvgIpc) is 2.67. The molecule has 1 atom stereocenters. The molecule has 0 saturated carbocycles. The summed E-state index contributed by atoms with van der Waals surface area (Å²) in [6.07, 6.45) is 1.01. The van der Waals surface area contributed by atoms with Crippen LogP contribution in [-0.2, 0) is 4.79 Å². The van der Waals surface area contributed by atoms with Gasteiger partial charge in [-0.3, -0.25) is 4.79 Å². The fourth-order valence-electron chi connectivity index (χ4n) is 2.49. The first-order valence-corrected chi connectivity index (χ1v) is 8.10. The minimum absolute atomic E-state index is 0.156. The van der Waals surface area contributed by atoms with Gasteiger partial charge >= 0.3 is 0 Å². The van der Waals surface area contributed by atoms with E-state index >= 15 is 0 Å². The number of carbonyl (C=O) groups is 1. The molecule has 25 heavy (non-hydrogen) atoms. The molecule has 0 saturated heterocycles. The maximum atomic E-state index is 12.7. The lowest BCUT2D eigenvalue weighted by Crippen LogP contribution is -2.46. The zero-order valence-electron chi connectivity index (χ0n) is 13.9. The molecule has 0 bridgehead atoms. The summed E-state index contributed by atoms with van der Waals surface area (Å²) in [5.41, 5.74) is 0.916. The molecule has 4 heteroatoms. The van der Waals surface area contributed by atoms with Gasteiger partial charge in [-0.15, -0.1) is 6.58 Å². The van der Waals surface area contributed by atoms with Crippen LogP contribution in [0.2, 0.25) is 0 Å². The van der Waals surface area contributed by atoms with Gasteiger partial charge in [0.15, 0.2) is 11.5 Å². The number of nitrogens with zero attached hydrogens (tertiary/aromatic N) is 1. The molecule has 1 amide bonds. The first kappa shape index (κ1) is 16.7. The molecule has 1 unspecified atom stereocenters. The van der Waals surface area contributed by atoms with Gasteiger partial charge in [-0.1, -0.05) is 48.2 Å². The number of fused-ring (bicyclic) bond motifs is 1. The molecular weight excluding hydrogens is 314 g/mol. The molecule has 0 radical (unpaired) electrons. The first-order chi connectivity index (χ1) is 12.3. The number of hydrogen-bond donors (Lipinski definition) is 0. The van der Waals surface area contributed by atoms with E-state index in [1.807, 2.05) is 48.5 Å². The molecule has 1 heterocycles. The van der Waals surface area contributed by atoms with Crippen molar-refractivity contribution in [2.24, 2.45) is 0 Å². The van der Waals surface area contributed by atoms with Crippen LogP contribution in [0.15, 0.2) is 67.3 Å². The maximum Gasteiger partial charge on any atom is 0.268 e. The number of ether oxygens (including phenoxy) is 2. The van der Waals surface area contributed by atoms with E-state index in [1.165, 1.54) is 0 Å². The van der Waals surface area contributed by atoms with E-state index in [4.69, 9.17) is 9.47 Å². The van der Waals surface area contributed by atoms with Crippen LogP contribution in [0.25, 0.3) is 0 Å². The average molecular weight is 333 g/mol. The van der Waals surface area contributed by atoms with Crippen molar-refractivity contribution < 1.29 is 14.3 Å². The van der Waals surface area contributed by atoms with Crippen molar-refractivity contribution in [2.45, 2.75) is 6.10 Å². The molecule has 0 spiro atoms. The molecule has 3 rings (SSSR count). The van der Waals surface area contributed by atoms with Crippen LogP contribution < -0.4 is 9.47 Å². The van der Waals surface area contributed by atoms with Crippen LogP contribution in [-0.4, -0.2) is 36.6 Å². The Balaban J connectivity index is 1.67. The summed E-state index contributed by atoms with van der Waals surface area (Å²) < 4.78 is 11.4. The summed E-state index contributed by atoms with van der Waals surface area (Å²) in [4.78, 5) is 14.4. The van der Waals surface area contributed by atoms with Gasteiger partial charge in [0, 0.05) is 12.1 Å². The molecular formula is C21H19NO3. The third kappa shape index (κ3) is 4.21. The Hall–Kier alpha value is -3.19. The molecule has 126 valence electrons. The zero-order valence-corrected chi connectivity index (χ0v) is 13.9. The second-order valence-corrected chi connectivity index (χ2v) is 5.54.